The maximum Gasteiger partial charge on any atom is 0.202 e. The maximum absolute atomic E-state index is 13.5. The molecule has 0 radical (unpaired) electrons. The molecule has 5 heteroatoms. The van der Waals surface area contributed by atoms with Crippen LogP contribution in [-0.2, 0) is 6.42 Å². The molecule has 0 saturated carbocycles. The van der Waals surface area contributed by atoms with Crippen molar-refractivity contribution in [2.24, 2.45) is 0 Å². The number of hydrogen-bond acceptors (Lipinski definition) is 2. The van der Waals surface area contributed by atoms with Crippen molar-refractivity contribution in [1.82, 2.24) is 5.32 Å². The van der Waals surface area contributed by atoms with Gasteiger partial charge in [-0.2, -0.15) is 4.39 Å². The van der Waals surface area contributed by atoms with Crippen LogP contribution in [0, 0.1) is 11.6 Å². The topological polar surface area (TPSA) is 32.3 Å². The summed E-state index contributed by atoms with van der Waals surface area (Å²) < 4.78 is 26.7. The Balaban J connectivity index is 2.26. The molecule has 1 atom stereocenters. The second-order valence-electron chi connectivity index (χ2n) is 3.99. The SMILES string of the molecule is Oc1c(Cl)cc(CC2CCCN2)c(F)c1F. The van der Waals surface area contributed by atoms with Crippen molar-refractivity contribution in [1.29, 1.82) is 0 Å². The van der Waals surface area contributed by atoms with Gasteiger partial charge in [-0.1, -0.05) is 11.6 Å². The van der Waals surface area contributed by atoms with E-state index in [0.29, 0.717) is 6.42 Å². The Morgan fingerprint density at radius 3 is 2.81 bits per heavy atom. The number of rotatable bonds is 2. The first kappa shape index (κ1) is 11.6. The quantitative estimate of drug-likeness (QED) is 0.788. The Hall–Kier alpha value is -0.870. The van der Waals surface area contributed by atoms with Gasteiger partial charge < -0.3 is 10.4 Å². The Bertz CT molecular complexity index is 405. The van der Waals surface area contributed by atoms with Crippen LogP contribution < -0.4 is 5.32 Å². The Morgan fingerprint density at radius 2 is 2.19 bits per heavy atom. The van der Waals surface area contributed by atoms with Gasteiger partial charge in [0, 0.05) is 6.04 Å². The molecule has 0 spiro atoms. The molecule has 1 aromatic carbocycles. The lowest BCUT2D eigenvalue weighted by Crippen LogP contribution is -2.24. The second-order valence-corrected chi connectivity index (χ2v) is 4.40. The van der Waals surface area contributed by atoms with Crippen LogP contribution in [0.3, 0.4) is 0 Å². The van der Waals surface area contributed by atoms with Crippen molar-refractivity contribution in [2.45, 2.75) is 25.3 Å². The molecule has 1 unspecified atom stereocenters. The first-order valence-electron chi connectivity index (χ1n) is 5.18. The molecule has 1 fully saturated rings. The zero-order valence-electron chi connectivity index (χ0n) is 8.56. The van der Waals surface area contributed by atoms with E-state index in [1.165, 1.54) is 6.07 Å². The van der Waals surface area contributed by atoms with Gasteiger partial charge in [0.05, 0.1) is 5.02 Å². The van der Waals surface area contributed by atoms with Gasteiger partial charge >= 0.3 is 0 Å². The lowest BCUT2D eigenvalue weighted by atomic mass is 10.0. The smallest absolute Gasteiger partial charge is 0.202 e. The minimum atomic E-state index is -1.26. The summed E-state index contributed by atoms with van der Waals surface area (Å²) in [4.78, 5) is 0. The van der Waals surface area contributed by atoms with E-state index in [4.69, 9.17) is 16.7 Å². The van der Waals surface area contributed by atoms with E-state index in [1.54, 1.807) is 0 Å². The fraction of sp³-hybridized carbons (Fsp3) is 0.455. The highest BCUT2D eigenvalue weighted by molar-refractivity contribution is 6.32. The standard InChI is InChI=1S/C11H12ClF2NO/c12-8-5-6(4-7-2-1-3-15-7)9(13)10(14)11(8)16/h5,7,15-16H,1-4H2. The molecular formula is C11H12ClF2NO. The molecule has 88 valence electrons. The van der Waals surface area contributed by atoms with Crippen LogP contribution in [0.5, 0.6) is 5.75 Å². The van der Waals surface area contributed by atoms with Crippen molar-refractivity contribution in [3.63, 3.8) is 0 Å². The molecule has 1 saturated heterocycles. The number of nitrogens with one attached hydrogen (secondary N) is 1. The Morgan fingerprint density at radius 1 is 1.44 bits per heavy atom. The number of aromatic hydroxyl groups is 1. The number of hydrogen-bond donors (Lipinski definition) is 2. The molecule has 0 aromatic heterocycles. The molecular weight excluding hydrogens is 236 g/mol. The third-order valence-corrected chi connectivity index (χ3v) is 3.13. The number of phenolic OH excluding ortho intramolecular Hbond substituents is 1. The summed E-state index contributed by atoms with van der Waals surface area (Å²) in [6, 6.07) is 1.45. The summed E-state index contributed by atoms with van der Waals surface area (Å²) in [6.45, 7) is 0.903. The van der Waals surface area contributed by atoms with Crippen molar-refractivity contribution in [2.75, 3.05) is 6.54 Å². The van der Waals surface area contributed by atoms with Gasteiger partial charge in [-0.25, -0.2) is 4.39 Å². The highest BCUT2D eigenvalue weighted by atomic mass is 35.5. The van der Waals surface area contributed by atoms with Crippen LogP contribution in [-0.4, -0.2) is 17.7 Å². The summed E-state index contributed by atoms with van der Waals surface area (Å²) in [5, 5.41) is 12.2. The van der Waals surface area contributed by atoms with Crippen LogP contribution in [0.1, 0.15) is 18.4 Å². The fourth-order valence-corrected chi connectivity index (χ4v) is 2.19. The van der Waals surface area contributed by atoms with E-state index < -0.39 is 17.4 Å². The average Bonchev–Trinajstić information content (AvgIpc) is 2.76. The molecule has 2 N–H and O–H groups in total. The highest BCUT2D eigenvalue weighted by Crippen LogP contribution is 2.31. The summed E-state index contributed by atoms with van der Waals surface area (Å²) in [5.74, 6) is -3.08. The molecule has 0 aliphatic carbocycles. The van der Waals surface area contributed by atoms with Gasteiger partial charge in [0.1, 0.15) is 0 Å². The van der Waals surface area contributed by atoms with E-state index in [-0.39, 0.29) is 16.6 Å². The van der Waals surface area contributed by atoms with Crippen LogP contribution in [0.2, 0.25) is 5.02 Å². The van der Waals surface area contributed by atoms with Gasteiger partial charge in [-0.15, -0.1) is 0 Å². The summed E-state index contributed by atoms with van der Waals surface area (Å²) in [5.41, 5.74) is 0.208. The lowest BCUT2D eigenvalue weighted by molar-refractivity contribution is 0.402. The van der Waals surface area contributed by atoms with Gasteiger partial charge in [-0.3, -0.25) is 0 Å². The largest absolute Gasteiger partial charge is 0.504 e. The van der Waals surface area contributed by atoms with E-state index in [1.807, 2.05) is 0 Å². The molecule has 1 aliphatic heterocycles. The van der Waals surface area contributed by atoms with Crippen molar-refractivity contribution >= 4 is 11.6 Å². The van der Waals surface area contributed by atoms with Crippen molar-refractivity contribution in [3.8, 4) is 5.75 Å². The second kappa shape index (κ2) is 4.55. The third kappa shape index (κ3) is 2.13. The molecule has 16 heavy (non-hydrogen) atoms. The van der Waals surface area contributed by atoms with Gasteiger partial charge in [-0.05, 0) is 37.4 Å². The predicted octanol–water partition coefficient (Wildman–Crippen LogP) is 2.62. The molecule has 0 amide bonds. The lowest BCUT2D eigenvalue weighted by Gasteiger charge is -2.12. The van der Waals surface area contributed by atoms with Crippen molar-refractivity contribution in [3.05, 3.63) is 28.3 Å². The number of phenols is 1. The third-order valence-electron chi connectivity index (χ3n) is 2.84. The predicted molar refractivity (Wildman–Crippen MR) is 57.8 cm³/mol. The molecule has 1 heterocycles. The molecule has 2 nitrogen and oxygen atoms in total. The van der Waals surface area contributed by atoms with E-state index in [2.05, 4.69) is 5.32 Å². The minimum Gasteiger partial charge on any atom is -0.504 e. The summed E-state index contributed by atoms with van der Waals surface area (Å²) in [7, 11) is 0. The van der Waals surface area contributed by atoms with Crippen LogP contribution in [0.25, 0.3) is 0 Å². The highest BCUT2D eigenvalue weighted by Gasteiger charge is 2.21. The van der Waals surface area contributed by atoms with Gasteiger partial charge in [0.25, 0.3) is 0 Å². The Labute approximate surface area is 97.2 Å². The maximum atomic E-state index is 13.5. The zero-order chi connectivity index (χ0) is 11.7. The van der Waals surface area contributed by atoms with Crippen LogP contribution in [0.15, 0.2) is 6.07 Å². The van der Waals surface area contributed by atoms with Crippen molar-refractivity contribution < 1.29 is 13.9 Å². The first-order chi connectivity index (χ1) is 7.59. The van der Waals surface area contributed by atoms with E-state index in [9.17, 15) is 8.78 Å². The fourth-order valence-electron chi connectivity index (χ4n) is 1.98. The monoisotopic (exact) mass is 247 g/mol. The van der Waals surface area contributed by atoms with Gasteiger partial charge in [0.2, 0.25) is 5.82 Å². The van der Waals surface area contributed by atoms with E-state index in [0.717, 1.165) is 19.4 Å². The van der Waals surface area contributed by atoms with Crippen LogP contribution in [0.4, 0.5) is 8.78 Å². The Kier molecular flexibility index (Phi) is 3.30. The summed E-state index contributed by atoms with van der Waals surface area (Å²) in [6.07, 6.45) is 2.38. The molecule has 1 aliphatic rings. The first-order valence-corrected chi connectivity index (χ1v) is 5.56. The summed E-state index contributed by atoms with van der Waals surface area (Å²) >= 11 is 5.60. The molecule has 2 rings (SSSR count). The van der Waals surface area contributed by atoms with Gasteiger partial charge in [0.15, 0.2) is 11.6 Å². The minimum absolute atomic E-state index is 0.146. The average molecular weight is 248 g/mol. The molecule has 0 bridgehead atoms. The normalized spacial score (nSPS) is 20.3. The van der Waals surface area contributed by atoms with E-state index >= 15 is 0 Å². The number of halogens is 3. The zero-order valence-corrected chi connectivity index (χ0v) is 9.32. The molecule has 1 aromatic rings. The number of benzene rings is 1. The van der Waals surface area contributed by atoms with Crippen LogP contribution >= 0.6 is 11.6 Å².